The minimum atomic E-state index is -0.657. The van der Waals surface area contributed by atoms with E-state index in [1.54, 1.807) is 0 Å². The van der Waals surface area contributed by atoms with Crippen molar-refractivity contribution in [2.45, 2.75) is 0 Å². The molecule has 0 aliphatic carbocycles. The lowest BCUT2D eigenvalue weighted by atomic mass is 10.0. The van der Waals surface area contributed by atoms with Crippen molar-refractivity contribution in [3.8, 4) is 11.1 Å². The number of hydrogen-bond acceptors (Lipinski definition) is 0. The Bertz CT molecular complexity index is 1220. The third kappa shape index (κ3) is 3.45. The van der Waals surface area contributed by atoms with Crippen LogP contribution in [0.5, 0.6) is 0 Å². The van der Waals surface area contributed by atoms with Gasteiger partial charge in [-0.2, -0.15) is 0 Å². The standard InChI is InChI=1S/C26H19NP.Al/c1-3-11-21(12-4-1)28(22-13-5-2-6-14-22)25-17-8-7-15-23(25)24-16-9-10-20-18-19-27-26(20)24;/h1-19H;/q-1;+1. The third-order valence-electron chi connectivity index (χ3n) is 5.20. The average Bonchev–Trinajstić information content (AvgIpc) is 3.17. The van der Waals surface area contributed by atoms with E-state index in [1.165, 1.54) is 37.9 Å². The summed E-state index contributed by atoms with van der Waals surface area (Å²) in [6, 6.07) is 39.4. The van der Waals surface area contributed by atoms with Gasteiger partial charge in [-0.3, -0.25) is 0 Å². The Morgan fingerprint density at radius 2 is 1.14 bits per heavy atom. The van der Waals surface area contributed by atoms with Crippen LogP contribution in [0, 0.1) is 0 Å². The number of benzene rings is 4. The first-order chi connectivity index (χ1) is 14.3. The van der Waals surface area contributed by atoms with E-state index in [4.69, 9.17) is 0 Å². The van der Waals surface area contributed by atoms with Crippen LogP contribution in [0.25, 0.3) is 22.0 Å². The van der Waals surface area contributed by atoms with E-state index in [2.05, 4.69) is 135 Å². The number of aromatic nitrogens is 1. The molecule has 4 aromatic carbocycles. The molecule has 2 radical (unpaired) electrons. The van der Waals surface area contributed by atoms with Crippen molar-refractivity contribution in [2.75, 3.05) is 0 Å². The van der Waals surface area contributed by atoms with E-state index in [9.17, 15) is 0 Å². The number of hydrogen-bond donors (Lipinski definition) is 0. The molecule has 0 aliphatic heterocycles. The SMILES string of the molecule is [Al][n]1ccc2cccc(-c3ccccc3P(c3ccccc3)c3ccccc3)c21. The first-order valence-electron chi connectivity index (χ1n) is 9.68. The molecule has 3 heteroatoms. The minimum Gasteiger partial charge on any atom is -0.457 e. The molecule has 1 nitrogen and oxygen atoms in total. The first kappa shape index (κ1) is 18.4. The summed E-state index contributed by atoms with van der Waals surface area (Å²) in [4.78, 5) is 0. The number of para-hydroxylation sites is 1. The van der Waals surface area contributed by atoms with Crippen molar-refractivity contribution in [1.29, 1.82) is 0 Å². The Morgan fingerprint density at radius 1 is 0.552 bits per heavy atom. The van der Waals surface area contributed by atoms with E-state index in [1.807, 2.05) is 0 Å². The molecular weight excluding hydrogens is 384 g/mol. The molecule has 1 heterocycles. The molecule has 0 unspecified atom stereocenters. The summed E-state index contributed by atoms with van der Waals surface area (Å²) in [5, 5.41) is 5.39. The van der Waals surface area contributed by atoms with Gasteiger partial charge in [-0.05, 0) is 47.0 Å². The zero-order valence-electron chi connectivity index (χ0n) is 15.9. The molecule has 0 spiro atoms. The molecule has 136 valence electrons. The molecular formula is C26H19AlNP. The van der Waals surface area contributed by atoms with E-state index in [-0.39, 0.29) is 0 Å². The lowest BCUT2D eigenvalue weighted by molar-refractivity contribution is 1.32. The van der Waals surface area contributed by atoms with Crippen LogP contribution in [0.15, 0.2) is 115 Å². The van der Waals surface area contributed by atoms with E-state index < -0.39 is 7.92 Å². The van der Waals surface area contributed by atoms with Gasteiger partial charge in [0.15, 0.2) is 0 Å². The Morgan fingerprint density at radius 3 is 1.83 bits per heavy atom. The Kier molecular flexibility index (Phi) is 5.09. The Hall–Kier alpha value is -2.62. The zero-order chi connectivity index (χ0) is 19.6. The molecule has 0 saturated heterocycles. The predicted molar refractivity (Wildman–Crippen MR) is 127 cm³/mol. The van der Waals surface area contributed by atoms with Gasteiger partial charge in [0, 0.05) is 11.1 Å². The highest BCUT2D eigenvalue weighted by Gasteiger charge is 2.20. The zero-order valence-corrected chi connectivity index (χ0v) is 18.0. The van der Waals surface area contributed by atoms with Crippen LogP contribution in [0.1, 0.15) is 0 Å². The van der Waals surface area contributed by atoms with Gasteiger partial charge in [0.05, 0.1) is 0 Å². The quantitative estimate of drug-likeness (QED) is 0.294. The molecule has 29 heavy (non-hydrogen) atoms. The number of rotatable bonds is 4. The van der Waals surface area contributed by atoms with Crippen LogP contribution in [-0.2, 0) is 0 Å². The topological polar surface area (TPSA) is 4.93 Å². The molecule has 0 fully saturated rings. The van der Waals surface area contributed by atoms with Gasteiger partial charge >= 0.3 is 16.5 Å². The van der Waals surface area contributed by atoms with Gasteiger partial charge in [0.25, 0.3) is 0 Å². The summed E-state index contributed by atoms with van der Waals surface area (Å²) in [7, 11) is -0.657. The van der Waals surface area contributed by atoms with Crippen molar-refractivity contribution in [3.63, 3.8) is 0 Å². The fourth-order valence-electron chi connectivity index (χ4n) is 3.91. The molecule has 0 atom stereocenters. The highest BCUT2D eigenvalue weighted by atomic mass is 31.1. The Labute approximate surface area is 181 Å². The summed E-state index contributed by atoms with van der Waals surface area (Å²) in [6.45, 7) is 0. The summed E-state index contributed by atoms with van der Waals surface area (Å²) < 4.78 is 2.15. The molecule has 0 amide bonds. The van der Waals surface area contributed by atoms with E-state index >= 15 is 0 Å². The Balaban J connectivity index is 1.78. The number of nitrogens with zero attached hydrogens (tertiary/aromatic N) is 1. The van der Waals surface area contributed by atoms with Crippen LogP contribution in [-0.4, -0.2) is 20.1 Å². The van der Waals surface area contributed by atoms with Crippen LogP contribution in [0.2, 0.25) is 0 Å². The second-order valence-electron chi connectivity index (χ2n) is 6.99. The van der Waals surface area contributed by atoms with Gasteiger partial charge in [0.2, 0.25) is 0 Å². The highest BCUT2D eigenvalue weighted by molar-refractivity contribution is 7.80. The largest absolute Gasteiger partial charge is 0.457 e. The van der Waals surface area contributed by atoms with Gasteiger partial charge in [-0.15, -0.1) is 0 Å². The third-order valence-corrected chi connectivity index (χ3v) is 8.14. The predicted octanol–water partition coefficient (Wildman–Crippen LogP) is 5.00. The molecule has 0 bridgehead atoms. The van der Waals surface area contributed by atoms with Gasteiger partial charge in [-0.1, -0.05) is 103 Å². The van der Waals surface area contributed by atoms with Crippen molar-refractivity contribution >= 4 is 51.2 Å². The fourth-order valence-corrected chi connectivity index (χ4v) is 6.75. The van der Waals surface area contributed by atoms with Crippen LogP contribution in [0.3, 0.4) is 0 Å². The highest BCUT2D eigenvalue weighted by Crippen LogP contribution is 2.38. The lowest BCUT2D eigenvalue weighted by Gasteiger charge is -2.23. The van der Waals surface area contributed by atoms with Crippen molar-refractivity contribution in [3.05, 3.63) is 115 Å². The lowest BCUT2D eigenvalue weighted by Crippen LogP contribution is -2.22. The van der Waals surface area contributed by atoms with Gasteiger partial charge in [0.1, 0.15) is 0 Å². The smallest absolute Gasteiger partial charge is 0.317 e. The molecule has 0 saturated carbocycles. The molecule has 0 N–H and O–H groups in total. The maximum absolute atomic E-state index is 2.82. The molecule has 5 aromatic rings. The summed E-state index contributed by atoms with van der Waals surface area (Å²) in [6.07, 6.45) is 2.11. The van der Waals surface area contributed by atoms with Crippen LogP contribution < -0.4 is 15.9 Å². The van der Waals surface area contributed by atoms with Crippen molar-refractivity contribution < 1.29 is 0 Å². The van der Waals surface area contributed by atoms with Gasteiger partial charge in [-0.25, -0.2) is 0 Å². The fraction of sp³-hybridized carbons (Fsp3) is 0. The molecule has 1 aromatic heterocycles. The molecule has 5 rings (SSSR count). The van der Waals surface area contributed by atoms with Crippen LogP contribution >= 0.6 is 7.92 Å². The minimum absolute atomic E-state index is 0.657. The number of fused-ring (bicyclic) bond motifs is 1. The summed E-state index contributed by atoms with van der Waals surface area (Å²) in [5.41, 5.74) is 3.83. The van der Waals surface area contributed by atoms with E-state index in [0.29, 0.717) is 0 Å². The molecule has 0 aliphatic rings. The van der Waals surface area contributed by atoms with E-state index in [0.717, 1.165) is 0 Å². The second kappa shape index (κ2) is 8.02. The maximum Gasteiger partial charge on any atom is 0.317 e. The van der Waals surface area contributed by atoms with Crippen LogP contribution in [0.4, 0.5) is 0 Å². The maximum atomic E-state index is 2.82. The van der Waals surface area contributed by atoms with Gasteiger partial charge < -0.3 is 3.55 Å². The monoisotopic (exact) mass is 403 g/mol. The normalized spacial score (nSPS) is 11.2. The summed E-state index contributed by atoms with van der Waals surface area (Å²) >= 11 is 2.82. The van der Waals surface area contributed by atoms with Crippen molar-refractivity contribution in [1.82, 2.24) is 3.55 Å². The summed E-state index contributed by atoms with van der Waals surface area (Å²) in [5.74, 6) is 0. The second-order valence-corrected chi connectivity index (χ2v) is 9.73. The first-order valence-corrected chi connectivity index (χ1v) is 11.5. The van der Waals surface area contributed by atoms with Crippen molar-refractivity contribution in [2.24, 2.45) is 0 Å². The average molecular weight is 403 g/mol.